The molecule has 0 atom stereocenters. The lowest BCUT2D eigenvalue weighted by atomic mass is 10.1. The Morgan fingerprint density at radius 3 is 2.08 bits per heavy atom. The summed E-state index contributed by atoms with van der Waals surface area (Å²) >= 11 is 11.6. The molecule has 25 heavy (non-hydrogen) atoms. The van der Waals surface area contributed by atoms with E-state index < -0.39 is 22.4 Å². The van der Waals surface area contributed by atoms with Crippen LogP contribution < -0.4 is 15.6 Å². The molecule has 0 aliphatic heterocycles. The molecule has 10 heteroatoms. The quantitative estimate of drug-likeness (QED) is 0.622. The summed E-state index contributed by atoms with van der Waals surface area (Å²) in [7, 11) is 1.37. The van der Waals surface area contributed by atoms with Gasteiger partial charge in [0, 0.05) is 16.1 Å². The smallest absolute Gasteiger partial charge is 0.282 e. The number of hydrazine groups is 1. The number of nitro benzene ring substituents is 1. The fourth-order valence-corrected chi connectivity index (χ4v) is 2.30. The molecule has 0 aromatic heterocycles. The number of nitro groups is 1. The first kappa shape index (κ1) is 18.5. The summed E-state index contributed by atoms with van der Waals surface area (Å²) in [6.07, 6.45) is 0. The largest absolute Gasteiger partial charge is 0.496 e. The van der Waals surface area contributed by atoms with Crippen LogP contribution >= 0.6 is 23.2 Å². The molecule has 0 spiro atoms. The number of hydrogen-bond donors (Lipinski definition) is 2. The molecule has 0 saturated carbocycles. The molecule has 2 rings (SSSR count). The molecule has 130 valence electrons. The number of carbonyl (C=O) groups is 2. The van der Waals surface area contributed by atoms with Crippen LogP contribution in [0.25, 0.3) is 0 Å². The number of amides is 2. The van der Waals surface area contributed by atoms with E-state index in [1.807, 2.05) is 0 Å². The first-order valence-corrected chi connectivity index (χ1v) is 7.47. The lowest BCUT2D eigenvalue weighted by Gasteiger charge is -2.11. The van der Waals surface area contributed by atoms with Crippen LogP contribution in [0.3, 0.4) is 0 Å². The molecule has 2 N–H and O–H groups in total. The summed E-state index contributed by atoms with van der Waals surface area (Å²) in [5.41, 5.74) is 3.57. The van der Waals surface area contributed by atoms with Crippen molar-refractivity contribution in [1.29, 1.82) is 0 Å². The van der Waals surface area contributed by atoms with Crippen LogP contribution in [0.2, 0.25) is 10.0 Å². The maximum atomic E-state index is 12.2. The van der Waals surface area contributed by atoms with E-state index in [9.17, 15) is 19.7 Å². The van der Waals surface area contributed by atoms with Crippen LogP contribution in [-0.2, 0) is 0 Å². The molecule has 0 bridgehead atoms. The summed E-state index contributed by atoms with van der Waals surface area (Å²) < 4.78 is 5.04. The zero-order chi connectivity index (χ0) is 18.6. The van der Waals surface area contributed by atoms with Gasteiger partial charge in [-0.05, 0) is 30.3 Å². The van der Waals surface area contributed by atoms with Gasteiger partial charge in [0.25, 0.3) is 17.5 Å². The predicted molar refractivity (Wildman–Crippen MR) is 91.0 cm³/mol. The molecular weight excluding hydrogens is 373 g/mol. The minimum absolute atomic E-state index is 0.0795. The average molecular weight is 384 g/mol. The van der Waals surface area contributed by atoms with E-state index in [1.54, 1.807) is 0 Å². The zero-order valence-electron chi connectivity index (χ0n) is 12.7. The van der Waals surface area contributed by atoms with Crippen molar-refractivity contribution in [2.24, 2.45) is 0 Å². The van der Waals surface area contributed by atoms with Gasteiger partial charge in [-0.15, -0.1) is 0 Å². The molecule has 0 heterocycles. The normalized spacial score (nSPS) is 10.0. The number of carbonyl (C=O) groups excluding carboxylic acids is 2. The number of nitrogens with zero attached hydrogens (tertiary/aromatic N) is 1. The Morgan fingerprint density at radius 1 is 1.00 bits per heavy atom. The molecule has 0 saturated heterocycles. The third-order valence-corrected chi connectivity index (χ3v) is 3.57. The van der Waals surface area contributed by atoms with E-state index in [2.05, 4.69) is 10.9 Å². The van der Waals surface area contributed by atoms with Gasteiger partial charge in [-0.1, -0.05) is 23.2 Å². The Kier molecular flexibility index (Phi) is 5.79. The van der Waals surface area contributed by atoms with E-state index >= 15 is 0 Å². The highest BCUT2D eigenvalue weighted by Gasteiger charge is 2.21. The van der Waals surface area contributed by atoms with Gasteiger partial charge in [-0.25, -0.2) is 0 Å². The van der Waals surface area contributed by atoms with Crippen LogP contribution in [0, 0.1) is 10.1 Å². The molecule has 2 amide bonds. The van der Waals surface area contributed by atoms with Crippen LogP contribution in [0.15, 0.2) is 36.4 Å². The van der Waals surface area contributed by atoms with Gasteiger partial charge >= 0.3 is 0 Å². The van der Waals surface area contributed by atoms with E-state index in [0.29, 0.717) is 5.02 Å². The first-order chi connectivity index (χ1) is 11.8. The lowest BCUT2D eigenvalue weighted by molar-refractivity contribution is -0.385. The number of nitrogens with one attached hydrogen (secondary N) is 2. The Balaban J connectivity index is 2.18. The maximum Gasteiger partial charge on any atom is 0.282 e. The number of hydrogen-bond acceptors (Lipinski definition) is 5. The van der Waals surface area contributed by atoms with Crippen LogP contribution in [0.1, 0.15) is 20.7 Å². The van der Waals surface area contributed by atoms with Crippen LogP contribution in [0.5, 0.6) is 5.75 Å². The first-order valence-electron chi connectivity index (χ1n) is 6.71. The third-order valence-electron chi connectivity index (χ3n) is 3.10. The molecule has 0 radical (unpaired) electrons. The van der Waals surface area contributed by atoms with Crippen molar-refractivity contribution < 1.29 is 19.2 Å². The Hall–Kier alpha value is -2.84. The van der Waals surface area contributed by atoms with Gasteiger partial charge in [0.05, 0.1) is 17.6 Å². The van der Waals surface area contributed by atoms with Crippen LogP contribution in [-0.4, -0.2) is 23.8 Å². The highest BCUT2D eigenvalue weighted by molar-refractivity contribution is 6.31. The maximum absolute atomic E-state index is 12.2. The summed E-state index contributed by atoms with van der Waals surface area (Å²) in [6.45, 7) is 0. The Morgan fingerprint density at radius 2 is 1.52 bits per heavy atom. The molecular formula is C15H11Cl2N3O5. The topological polar surface area (TPSA) is 111 Å². The molecule has 8 nitrogen and oxygen atoms in total. The highest BCUT2D eigenvalue weighted by atomic mass is 35.5. The second kappa shape index (κ2) is 7.82. The summed E-state index contributed by atoms with van der Waals surface area (Å²) in [5.74, 6) is -1.37. The molecule has 0 aliphatic rings. The number of rotatable bonds is 4. The summed E-state index contributed by atoms with van der Waals surface area (Å²) in [6, 6.07) is 7.88. The van der Waals surface area contributed by atoms with Crippen molar-refractivity contribution in [1.82, 2.24) is 10.9 Å². The van der Waals surface area contributed by atoms with E-state index in [0.717, 1.165) is 12.1 Å². The number of methoxy groups -OCH3 is 1. The van der Waals surface area contributed by atoms with E-state index in [4.69, 9.17) is 27.9 Å². The fourth-order valence-electron chi connectivity index (χ4n) is 1.96. The standard InChI is InChI=1S/C15H11Cl2N3O5/c1-25-13-5-3-9(17)7-11(13)15(22)19-18-14(21)10-6-8(16)2-4-12(10)20(23)24/h2-7H,1H3,(H,18,21)(H,19,22). The van der Waals surface area contributed by atoms with Crippen LogP contribution in [0.4, 0.5) is 5.69 Å². The number of halogens is 2. The van der Waals surface area contributed by atoms with E-state index in [-0.39, 0.29) is 21.9 Å². The SMILES string of the molecule is COc1ccc(Cl)cc1C(=O)NNC(=O)c1cc(Cl)ccc1[N+](=O)[O-]. The minimum atomic E-state index is -0.899. The molecule has 0 aliphatic carbocycles. The third kappa shape index (κ3) is 4.37. The van der Waals surface area contributed by atoms with E-state index in [1.165, 1.54) is 31.4 Å². The van der Waals surface area contributed by atoms with Crippen molar-refractivity contribution in [2.45, 2.75) is 0 Å². The Labute approximate surface area is 151 Å². The van der Waals surface area contributed by atoms with Crippen molar-refractivity contribution in [3.05, 3.63) is 67.7 Å². The summed E-state index contributed by atoms with van der Waals surface area (Å²) in [5, 5.41) is 11.4. The fraction of sp³-hybridized carbons (Fsp3) is 0.0667. The molecule has 2 aromatic rings. The molecule has 0 fully saturated rings. The highest BCUT2D eigenvalue weighted by Crippen LogP contribution is 2.23. The number of ether oxygens (including phenoxy) is 1. The average Bonchev–Trinajstić information content (AvgIpc) is 2.58. The molecule has 0 unspecified atom stereocenters. The van der Waals surface area contributed by atoms with Crippen molar-refractivity contribution >= 4 is 40.7 Å². The van der Waals surface area contributed by atoms with Crippen molar-refractivity contribution in [3.8, 4) is 5.75 Å². The number of benzene rings is 2. The van der Waals surface area contributed by atoms with Gasteiger partial charge < -0.3 is 4.74 Å². The second-order valence-electron chi connectivity index (χ2n) is 4.67. The predicted octanol–water partition coefficient (Wildman–Crippen LogP) is 2.99. The van der Waals surface area contributed by atoms with Gasteiger partial charge in [0.1, 0.15) is 11.3 Å². The van der Waals surface area contributed by atoms with Gasteiger partial charge in [-0.2, -0.15) is 0 Å². The molecule has 2 aromatic carbocycles. The summed E-state index contributed by atoms with van der Waals surface area (Å²) in [4.78, 5) is 34.6. The lowest BCUT2D eigenvalue weighted by Crippen LogP contribution is -2.42. The minimum Gasteiger partial charge on any atom is -0.496 e. The van der Waals surface area contributed by atoms with Gasteiger partial charge in [-0.3, -0.25) is 30.6 Å². The van der Waals surface area contributed by atoms with Crippen molar-refractivity contribution in [2.75, 3.05) is 7.11 Å². The Bertz CT molecular complexity index is 857. The monoisotopic (exact) mass is 383 g/mol. The van der Waals surface area contributed by atoms with Gasteiger partial charge in [0.2, 0.25) is 0 Å². The van der Waals surface area contributed by atoms with Crippen molar-refractivity contribution in [3.63, 3.8) is 0 Å². The van der Waals surface area contributed by atoms with Gasteiger partial charge in [0.15, 0.2) is 0 Å². The zero-order valence-corrected chi connectivity index (χ0v) is 14.2. The second-order valence-corrected chi connectivity index (χ2v) is 5.54.